The first-order valence-electron chi connectivity index (χ1n) is 7.60. The molecule has 0 saturated heterocycles. The molecule has 0 aliphatic heterocycles. The monoisotopic (exact) mass is 309 g/mol. The van der Waals surface area contributed by atoms with E-state index in [9.17, 15) is 4.79 Å². The molecule has 1 aliphatic carbocycles. The molecule has 116 valence electrons. The zero-order chi connectivity index (χ0) is 15.4. The fraction of sp³-hybridized carbons (Fsp3) is 0.562. The van der Waals surface area contributed by atoms with Crippen molar-refractivity contribution in [3.63, 3.8) is 0 Å². The number of rotatable bonds is 5. The smallest absolute Gasteiger partial charge is 0.256 e. The molecule has 1 aromatic carbocycles. The summed E-state index contributed by atoms with van der Waals surface area (Å²) >= 11 is 6.05. The first-order chi connectivity index (χ1) is 10.0. The lowest BCUT2D eigenvalue weighted by molar-refractivity contribution is 0.0656. The molecule has 1 amide bonds. The molecule has 0 unspecified atom stereocenters. The number of nitrogen functional groups attached to an aromatic ring is 1. The molecule has 0 bridgehead atoms. The first kappa shape index (κ1) is 16.1. The van der Waals surface area contributed by atoms with E-state index in [4.69, 9.17) is 17.4 Å². The summed E-state index contributed by atoms with van der Waals surface area (Å²) in [5, 5.41) is 0.549. The largest absolute Gasteiger partial charge is 0.335 e. The van der Waals surface area contributed by atoms with Gasteiger partial charge in [0.05, 0.1) is 11.3 Å². The summed E-state index contributed by atoms with van der Waals surface area (Å²) in [6.07, 6.45) is 4.57. The van der Waals surface area contributed by atoms with Crippen LogP contribution in [0.1, 0.15) is 49.9 Å². The van der Waals surface area contributed by atoms with Gasteiger partial charge in [-0.1, -0.05) is 38.3 Å². The average molecular weight is 310 g/mol. The van der Waals surface area contributed by atoms with Crippen LogP contribution in [0, 0.1) is 5.92 Å². The minimum atomic E-state index is 0.0195. The Hall–Kier alpha value is -1.26. The highest BCUT2D eigenvalue weighted by Gasteiger charge is 2.29. The highest BCUT2D eigenvalue weighted by molar-refractivity contribution is 6.31. The summed E-state index contributed by atoms with van der Waals surface area (Å²) in [5.74, 6) is 5.98. The van der Waals surface area contributed by atoms with Gasteiger partial charge >= 0.3 is 0 Å². The highest BCUT2D eigenvalue weighted by atomic mass is 35.5. The van der Waals surface area contributed by atoms with Crippen LogP contribution in [0.3, 0.4) is 0 Å². The molecule has 1 fully saturated rings. The molecule has 0 radical (unpaired) electrons. The molecule has 1 aromatic rings. The third-order valence-corrected chi connectivity index (χ3v) is 4.19. The summed E-state index contributed by atoms with van der Waals surface area (Å²) in [4.78, 5) is 15.0. The van der Waals surface area contributed by atoms with Crippen LogP contribution in [0.2, 0.25) is 5.02 Å². The van der Waals surface area contributed by atoms with Gasteiger partial charge in [0.25, 0.3) is 5.91 Å². The number of hydrogen-bond donors (Lipinski definition) is 2. The third-order valence-electron chi connectivity index (χ3n) is 3.96. The molecule has 21 heavy (non-hydrogen) atoms. The van der Waals surface area contributed by atoms with E-state index in [1.54, 1.807) is 18.2 Å². The van der Waals surface area contributed by atoms with Gasteiger partial charge in [-0.3, -0.25) is 10.6 Å². The summed E-state index contributed by atoms with van der Waals surface area (Å²) in [5.41, 5.74) is 3.77. The van der Waals surface area contributed by atoms with E-state index in [1.165, 1.54) is 12.8 Å². The number of benzene rings is 1. The lowest BCUT2D eigenvalue weighted by Crippen LogP contribution is -2.41. The van der Waals surface area contributed by atoms with Crippen molar-refractivity contribution in [2.24, 2.45) is 11.8 Å². The van der Waals surface area contributed by atoms with Crippen LogP contribution >= 0.6 is 11.6 Å². The Bertz CT molecular complexity index is 498. The summed E-state index contributed by atoms with van der Waals surface area (Å²) in [6.45, 7) is 5.03. The molecular weight excluding hydrogens is 286 g/mol. The maximum atomic E-state index is 13.0. The lowest BCUT2D eigenvalue weighted by Gasteiger charge is -2.31. The van der Waals surface area contributed by atoms with Gasteiger partial charge in [-0.2, -0.15) is 0 Å². The van der Waals surface area contributed by atoms with Gasteiger partial charge in [-0.15, -0.1) is 0 Å². The number of hydrazine groups is 1. The maximum Gasteiger partial charge on any atom is 0.256 e. The first-order valence-corrected chi connectivity index (χ1v) is 7.98. The topological polar surface area (TPSA) is 58.4 Å². The minimum absolute atomic E-state index is 0.0195. The molecular formula is C16H24ClN3O. The van der Waals surface area contributed by atoms with Gasteiger partial charge in [-0.25, -0.2) is 0 Å². The van der Waals surface area contributed by atoms with Crippen LogP contribution in [0.4, 0.5) is 5.69 Å². The molecule has 4 nitrogen and oxygen atoms in total. The van der Waals surface area contributed by atoms with Crippen LogP contribution in [-0.2, 0) is 0 Å². The van der Waals surface area contributed by atoms with Crippen LogP contribution in [0.25, 0.3) is 0 Å². The second-order valence-electron chi connectivity index (χ2n) is 6.12. The van der Waals surface area contributed by atoms with E-state index in [-0.39, 0.29) is 5.91 Å². The van der Waals surface area contributed by atoms with Gasteiger partial charge in [0, 0.05) is 17.6 Å². The summed E-state index contributed by atoms with van der Waals surface area (Å²) in [7, 11) is 0. The maximum absolute atomic E-state index is 13.0. The van der Waals surface area contributed by atoms with Crippen molar-refractivity contribution in [1.29, 1.82) is 0 Å². The SMILES string of the molecule is CC(C)CN(C(=O)c1cc(Cl)ccc1NN)C1CCCC1. The van der Waals surface area contributed by atoms with E-state index < -0.39 is 0 Å². The van der Waals surface area contributed by atoms with E-state index >= 15 is 0 Å². The van der Waals surface area contributed by atoms with E-state index in [2.05, 4.69) is 19.3 Å². The number of hydrogen-bond acceptors (Lipinski definition) is 3. The minimum Gasteiger partial charge on any atom is -0.335 e. The quantitative estimate of drug-likeness (QED) is 0.644. The molecule has 0 atom stereocenters. The normalized spacial score (nSPS) is 15.5. The molecule has 0 spiro atoms. The second kappa shape index (κ2) is 7.14. The molecule has 1 saturated carbocycles. The number of anilines is 1. The van der Waals surface area contributed by atoms with Crippen molar-refractivity contribution in [2.75, 3.05) is 12.0 Å². The zero-order valence-electron chi connectivity index (χ0n) is 12.7. The zero-order valence-corrected chi connectivity index (χ0v) is 13.5. The standard InChI is InChI=1S/C16H24ClN3O/c1-11(2)10-20(13-5-3-4-6-13)16(21)14-9-12(17)7-8-15(14)19-18/h7-9,11,13,19H,3-6,10,18H2,1-2H3. The highest BCUT2D eigenvalue weighted by Crippen LogP contribution is 2.28. The summed E-state index contributed by atoms with van der Waals surface area (Å²) < 4.78 is 0. The molecule has 0 aromatic heterocycles. The van der Waals surface area contributed by atoms with Crippen molar-refractivity contribution in [3.05, 3.63) is 28.8 Å². The molecule has 3 N–H and O–H groups in total. The number of nitrogens with one attached hydrogen (secondary N) is 1. The van der Waals surface area contributed by atoms with E-state index in [1.807, 2.05) is 4.90 Å². The fourth-order valence-electron chi connectivity index (χ4n) is 2.98. The fourth-order valence-corrected chi connectivity index (χ4v) is 3.15. The Morgan fingerprint density at radius 1 is 1.43 bits per heavy atom. The summed E-state index contributed by atoms with van der Waals surface area (Å²) in [6, 6.07) is 5.51. The van der Waals surface area contributed by atoms with Gasteiger partial charge in [0.15, 0.2) is 0 Å². The van der Waals surface area contributed by atoms with Crippen molar-refractivity contribution in [1.82, 2.24) is 4.90 Å². The van der Waals surface area contributed by atoms with Crippen molar-refractivity contribution >= 4 is 23.2 Å². The number of carbonyl (C=O) groups excluding carboxylic acids is 1. The number of amides is 1. The Morgan fingerprint density at radius 3 is 2.67 bits per heavy atom. The number of nitrogens with zero attached hydrogens (tertiary/aromatic N) is 1. The number of nitrogens with two attached hydrogens (primary N) is 1. The van der Waals surface area contributed by atoms with Crippen molar-refractivity contribution in [2.45, 2.75) is 45.6 Å². The Balaban J connectivity index is 2.30. The molecule has 1 aliphatic rings. The second-order valence-corrected chi connectivity index (χ2v) is 6.56. The predicted molar refractivity (Wildman–Crippen MR) is 87.4 cm³/mol. The number of halogens is 1. The lowest BCUT2D eigenvalue weighted by atomic mass is 10.1. The van der Waals surface area contributed by atoms with Gasteiger partial charge in [0.1, 0.15) is 0 Å². The van der Waals surface area contributed by atoms with Crippen molar-refractivity contribution in [3.8, 4) is 0 Å². The molecule has 2 rings (SSSR count). The van der Waals surface area contributed by atoms with Gasteiger partial charge < -0.3 is 10.3 Å². The number of carbonyl (C=O) groups is 1. The van der Waals surface area contributed by atoms with Gasteiger partial charge in [0.2, 0.25) is 0 Å². The van der Waals surface area contributed by atoms with Crippen molar-refractivity contribution < 1.29 is 4.79 Å². The van der Waals surface area contributed by atoms with Gasteiger partial charge in [-0.05, 0) is 37.0 Å². The van der Waals surface area contributed by atoms with E-state index in [0.29, 0.717) is 28.2 Å². The molecule has 0 heterocycles. The average Bonchev–Trinajstić information content (AvgIpc) is 2.97. The third kappa shape index (κ3) is 3.89. The Kier molecular flexibility index (Phi) is 5.48. The predicted octanol–water partition coefficient (Wildman–Crippen LogP) is 3.67. The van der Waals surface area contributed by atoms with Crippen LogP contribution in [0.5, 0.6) is 0 Å². The Morgan fingerprint density at radius 2 is 2.10 bits per heavy atom. The Labute approximate surface area is 131 Å². The van der Waals surface area contributed by atoms with Crippen LogP contribution < -0.4 is 11.3 Å². The van der Waals surface area contributed by atoms with E-state index in [0.717, 1.165) is 19.4 Å². The van der Waals surface area contributed by atoms with Crippen LogP contribution in [0.15, 0.2) is 18.2 Å². The van der Waals surface area contributed by atoms with Crippen LogP contribution in [-0.4, -0.2) is 23.4 Å². The molecule has 5 heteroatoms.